The number of ether oxygens (including phenoxy) is 4. The smallest absolute Gasteiger partial charge is 0.205 e. The predicted octanol–water partition coefficient (Wildman–Crippen LogP) is 5.42. The Kier molecular flexibility index (Phi) is 8.86. The van der Waals surface area contributed by atoms with Crippen LogP contribution in [0.3, 0.4) is 0 Å². The van der Waals surface area contributed by atoms with E-state index in [2.05, 4.69) is 42.9 Å². The van der Waals surface area contributed by atoms with Crippen LogP contribution in [0, 0.1) is 24.2 Å². The number of likely N-dealkylation sites (N-methyl/N-ethyl adjacent to an activating group) is 1. The molecular weight excluding hydrogens is 454 g/mol. The van der Waals surface area contributed by atoms with Crippen LogP contribution >= 0.6 is 0 Å². The maximum Gasteiger partial charge on any atom is 0.205 e. The van der Waals surface area contributed by atoms with Crippen molar-refractivity contribution in [2.24, 2.45) is 5.92 Å². The summed E-state index contributed by atoms with van der Waals surface area (Å²) in [5, 5.41) is 10.5. The lowest BCUT2D eigenvalue weighted by Crippen LogP contribution is -2.39. The van der Waals surface area contributed by atoms with Gasteiger partial charge in [0.1, 0.15) is 5.75 Å². The monoisotopic (exact) mass is 495 g/mol. The molecule has 0 bridgehead atoms. The summed E-state index contributed by atoms with van der Waals surface area (Å²) in [5.41, 5.74) is 3.26. The molecule has 1 aliphatic rings. The van der Waals surface area contributed by atoms with Crippen LogP contribution in [-0.4, -0.2) is 50.0 Å². The molecule has 0 amide bonds. The number of nitrogens with zero attached hydrogens (tertiary/aromatic N) is 3. The van der Waals surface area contributed by atoms with Gasteiger partial charge in [-0.1, -0.05) is 19.9 Å². The van der Waals surface area contributed by atoms with Crippen molar-refractivity contribution < 1.29 is 18.9 Å². The van der Waals surface area contributed by atoms with Gasteiger partial charge in [-0.05, 0) is 63.4 Å². The van der Waals surface area contributed by atoms with Gasteiger partial charge in [0.25, 0.3) is 0 Å². The third-order valence-electron chi connectivity index (χ3n) is 7.23. The lowest BCUT2D eigenvalue weighted by molar-refractivity contribution is -0.181. The summed E-state index contributed by atoms with van der Waals surface area (Å²) in [6, 6.07) is 8.74. The normalized spacial score (nSPS) is 16.1. The molecule has 2 heterocycles. The van der Waals surface area contributed by atoms with Gasteiger partial charge >= 0.3 is 0 Å². The second-order valence-electron chi connectivity index (χ2n) is 10.4. The van der Waals surface area contributed by atoms with E-state index in [-0.39, 0.29) is 5.92 Å². The summed E-state index contributed by atoms with van der Waals surface area (Å²) in [6.07, 6.45) is 4.40. The number of pyridine rings is 1. The zero-order chi connectivity index (χ0) is 26.5. The molecule has 0 saturated carbocycles. The van der Waals surface area contributed by atoms with E-state index in [9.17, 15) is 5.26 Å². The van der Waals surface area contributed by atoms with Crippen molar-refractivity contribution in [3.05, 3.63) is 46.8 Å². The molecule has 3 rings (SSSR count). The number of aromatic nitrogens is 1. The highest BCUT2D eigenvalue weighted by molar-refractivity contribution is 5.49. The Labute approximate surface area is 216 Å². The molecule has 2 aromatic rings. The Balaban J connectivity index is 1.70. The second kappa shape index (κ2) is 11.5. The minimum absolute atomic E-state index is 0.114. The molecule has 0 aliphatic carbocycles. The number of benzene rings is 1. The largest absolute Gasteiger partial charge is 0.493 e. The topological polar surface area (TPSA) is 76.8 Å². The highest BCUT2D eigenvalue weighted by Gasteiger charge is 2.41. The maximum absolute atomic E-state index is 10.5. The Morgan fingerprint density at radius 2 is 1.92 bits per heavy atom. The lowest BCUT2D eigenvalue weighted by atomic mass is 9.68. The van der Waals surface area contributed by atoms with Crippen LogP contribution in [0.15, 0.2) is 24.4 Å². The van der Waals surface area contributed by atoms with Gasteiger partial charge in [0, 0.05) is 37.7 Å². The van der Waals surface area contributed by atoms with Crippen molar-refractivity contribution in [1.29, 1.82) is 5.26 Å². The molecule has 36 heavy (non-hydrogen) atoms. The molecule has 0 N–H and O–H groups in total. The quantitative estimate of drug-likeness (QED) is 0.412. The van der Waals surface area contributed by atoms with Crippen molar-refractivity contribution in [2.75, 3.05) is 34.4 Å². The lowest BCUT2D eigenvalue weighted by Gasteiger charge is -2.38. The molecule has 0 fully saturated rings. The summed E-state index contributed by atoms with van der Waals surface area (Å²) in [6.45, 7) is 12.2. The highest BCUT2D eigenvalue weighted by atomic mass is 16.7. The van der Waals surface area contributed by atoms with E-state index in [1.54, 1.807) is 14.2 Å². The van der Waals surface area contributed by atoms with Crippen LogP contribution in [-0.2, 0) is 23.2 Å². The van der Waals surface area contributed by atoms with Crippen LogP contribution in [0.1, 0.15) is 62.9 Å². The standard InChI is InChI=1S/C29H41N3O4/c1-20(2)29(19-30,24-17-31-21(3)27-23(24)18-35-28(4,5)36-27)13-9-14-32(6)15-12-22-10-11-25(33-7)26(16-22)34-8/h10-11,16-17,20H,9,12-15,18H2,1-8H3. The van der Waals surface area contributed by atoms with E-state index in [1.807, 2.05) is 39.1 Å². The summed E-state index contributed by atoms with van der Waals surface area (Å²) in [7, 11) is 5.43. The number of methoxy groups -OCH3 is 2. The van der Waals surface area contributed by atoms with Crippen LogP contribution in [0.2, 0.25) is 0 Å². The van der Waals surface area contributed by atoms with Crippen molar-refractivity contribution in [1.82, 2.24) is 9.88 Å². The van der Waals surface area contributed by atoms with Crippen molar-refractivity contribution >= 4 is 0 Å². The fraction of sp³-hybridized carbons (Fsp3) is 0.586. The Bertz CT molecular complexity index is 1090. The van der Waals surface area contributed by atoms with Gasteiger partial charge < -0.3 is 23.8 Å². The fourth-order valence-electron chi connectivity index (χ4n) is 4.90. The van der Waals surface area contributed by atoms with Crippen LogP contribution in [0.25, 0.3) is 0 Å². The molecule has 196 valence electrons. The molecule has 1 unspecified atom stereocenters. The summed E-state index contributed by atoms with van der Waals surface area (Å²) >= 11 is 0. The van der Waals surface area contributed by atoms with E-state index in [4.69, 9.17) is 18.9 Å². The predicted molar refractivity (Wildman–Crippen MR) is 141 cm³/mol. The van der Waals surface area contributed by atoms with Crippen LogP contribution < -0.4 is 14.2 Å². The average molecular weight is 496 g/mol. The van der Waals surface area contributed by atoms with E-state index in [0.717, 1.165) is 66.4 Å². The van der Waals surface area contributed by atoms with Gasteiger partial charge in [0.15, 0.2) is 11.5 Å². The Morgan fingerprint density at radius 3 is 2.56 bits per heavy atom. The van der Waals surface area contributed by atoms with Gasteiger partial charge in [-0.15, -0.1) is 0 Å². The van der Waals surface area contributed by atoms with Crippen LogP contribution in [0.5, 0.6) is 17.2 Å². The highest BCUT2D eigenvalue weighted by Crippen LogP contribution is 2.44. The average Bonchev–Trinajstić information content (AvgIpc) is 2.85. The molecule has 1 atom stereocenters. The zero-order valence-corrected chi connectivity index (χ0v) is 23.1. The van der Waals surface area contributed by atoms with Gasteiger partial charge in [0.05, 0.1) is 38.0 Å². The van der Waals surface area contributed by atoms with Gasteiger partial charge in [0.2, 0.25) is 5.79 Å². The number of aryl methyl sites for hydroxylation is 1. The molecule has 1 aromatic carbocycles. The third-order valence-corrected chi connectivity index (χ3v) is 7.23. The summed E-state index contributed by atoms with van der Waals surface area (Å²) < 4.78 is 22.9. The number of nitriles is 1. The number of rotatable bonds is 11. The number of fused-ring (bicyclic) bond motifs is 1. The molecule has 0 spiro atoms. The van der Waals surface area contributed by atoms with Crippen molar-refractivity contribution in [2.45, 2.75) is 71.7 Å². The summed E-state index contributed by atoms with van der Waals surface area (Å²) in [4.78, 5) is 6.94. The first-order chi connectivity index (χ1) is 17.1. The first kappa shape index (κ1) is 27.8. The van der Waals surface area contributed by atoms with Crippen molar-refractivity contribution in [3.63, 3.8) is 0 Å². The minimum atomic E-state index is -0.707. The maximum atomic E-state index is 10.5. The zero-order valence-electron chi connectivity index (χ0n) is 23.1. The van der Waals surface area contributed by atoms with E-state index in [1.165, 1.54) is 5.56 Å². The third kappa shape index (κ3) is 5.93. The molecule has 1 aliphatic heterocycles. The molecule has 0 radical (unpaired) electrons. The summed E-state index contributed by atoms with van der Waals surface area (Å²) in [5.74, 6) is 1.66. The molecular formula is C29H41N3O4. The van der Waals surface area contributed by atoms with Gasteiger partial charge in [-0.2, -0.15) is 5.26 Å². The Hall–Kier alpha value is -2.82. The van der Waals surface area contributed by atoms with E-state index in [0.29, 0.717) is 6.61 Å². The number of hydrogen-bond acceptors (Lipinski definition) is 7. The molecule has 7 nitrogen and oxygen atoms in total. The molecule has 7 heteroatoms. The molecule has 0 saturated heterocycles. The number of hydrogen-bond donors (Lipinski definition) is 0. The minimum Gasteiger partial charge on any atom is -0.493 e. The van der Waals surface area contributed by atoms with Gasteiger partial charge in [-0.3, -0.25) is 4.98 Å². The van der Waals surface area contributed by atoms with Crippen LogP contribution in [0.4, 0.5) is 0 Å². The SMILES string of the molecule is COc1ccc(CCN(C)CCCC(C#N)(c2cnc(C)c3c2COC(C)(C)O3)C(C)C)cc1OC. The fourth-order valence-corrected chi connectivity index (χ4v) is 4.90. The Morgan fingerprint density at radius 1 is 1.19 bits per heavy atom. The molecule has 1 aromatic heterocycles. The van der Waals surface area contributed by atoms with E-state index >= 15 is 0 Å². The van der Waals surface area contributed by atoms with Crippen molar-refractivity contribution in [3.8, 4) is 23.3 Å². The first-order valence-corrected chi connectivity index (χ1v) is 12.7. The second-order valence-corrected chi connectivity index (χ2v) is 10.4. The van der Waals surface area contributed by atoms with Gasteiger partial charge in [-0.25, -0.2) is 0 Å². The first-order valence-electron chi connectivity index (χ1n) is 12.7. The van der Waals surface area contributed by atoms with E-state index < -0.39 is 11.2 Å².